The molecule has 0 aliphatic rings. The second-order valence-corrected chi connectivity index (χ2v) is 6.28. The van der Waals surface area contributed by atoms with Crippen LogP contribution in [0.3, 0.4) is 0 Å². The minimum Gasteiger partial charge on any atom is -0.481 e. The fraction of sp³-hybridized carbons (Fsp3) is 0.650. The van der Waals surface area contributed by atoms with Crippen LogP contribution in [0.5, 0.6) is 0 Å². The third-order valence-corrected chi connectivity index (χ3v) is 3.80. The molecule has 0 aromatic heterocycles. The molecule has 3 atom stereocenters. The van der Waals surface area contributed by atoms with Crippen LogP contribution < -0.4 is 0 Å². The van der Waals surface area contributed by atoms with Crippen molar-refractivity contribution < 1.29 is 30.3 Å². The SMILES string of the molecule is O=C(O)CCC/C=C\CC(O)/C=C/C(O)[C@H](O)C/C=C\CCCCCO. The number of allylic oxidation sites excluding steroid dienone is 2. The number of hydrogen-bond donors (Lipinski definition) is 5. The lowest BCUT2D eigenvalue weighted by Gasteiger charge is -2.13. The molecule has 0 saturated heterocycles. The van der Waals surface area contributed by atoms with Crippen LogP contribution in [0.4, 0.5) is 0 Å². The van der Waals surface area contributed by atoms with Gasteiger partial charge in [-0.2, -0.15) is 0 Å². The van der Waals surface area contributed by atoms with Gasteiger partial charge in [-0.25, -0.2) is 0 Å². The number of aliphatic hydroxyl groups is 4. The number of rotatable bonds is 16. The molecule has 6 nitrogen and oxygen atoms in total. The largest absolute Gasteiger partial charge is 0.481 e. The van der Waals surface area contributed by atoms with Gasteiger partial charge in [0.15, 0.2) is 0 Å². The molecule has 0 heterocycles. The van der Waals surface area contributed by atoms with Crippen LogP contribution in [0, 0.1) is 0 Å². The zero-order chi connectivity index (χ0) is 19.6. The van der Waals surface area contributed by atoms with Crippen LogP contribution in [0.2, 0.25) is 0 Å². The summed E-state index contributed by atoms with van der Waals surface area (Å²) in [5, 5.41) is 46.7. The number of carbonyl (C=O) groups is 1. The van der Waals surface area contributed by atoms with Gasteiger partial charge in [-0.3, -0.25) is 4.79 Å². The molecule has 0 saturated carbocycles. The van der Waals surface area contributed by atoms with Gasteiger partial charge in [-0.05, 0) is 44.9 Å². The summed E-state index contributed by atoms with van der Waals surface area (Å²) in [5.41, 5.74) is 0. The molecule has 0 fully saturated rings. The van der Waals surface area contributed by atoms with Crippen LogP contribution >= 0.6 is 0 Å². The minimum atomic E-state index is -1.04. The molecule has 0 spiro atoms. The van der Waals surface area contributed by atoms with Crippen LogP contribution in [0.25, 0.3) is 0 Å². The highest BCUT2D eigenvalue weighted by Gasteiger charge is 2.11. The van der Waals surface area contributed by atoms with Crippen LogP contribution in [-0.2, 0) is 4.79 Å². The molecule has 0 rings (SSSR count). The molecule has 26 heavy (non-hydrogen) atoms. The fourth-order valence-electron chi connectivity index (χ4n) is 2.22. The average Bonchev–Trinajstić information content (AvgIpc) is 2.61. The number of carboxylic acids is 1. The molecule has 0 aromatic rings. The Balaban J connectivity index is 3.89. The summed E-state index contributed by atoms with van der Waals surface area (Å²) in [5.74, 6) is -0.814. The lowest BCUT2D eigenvalue weighted by molar-refractivity contribution is -0.137. The fourth-order valence-corrected chi connectivity index (χ4v) is 2.22. The van der Waals surface area contributed by atoms with E-state index in [-0.39, 0.29) is 13.0 Å². The summed E-state index contributed by atoms with van der Waals surface area (Å²) in [6, 6.07) is 0. The lowest BCUT2D eigenvalue weighted by Crippen LogP contribution is -2.23. The smallest absolute Gasteiger partial charge is 0.303 e. The first-order valence-electron chi connectivity index (χ1n) is 9.32. The number of unbranched alkanes of at least 4 members (excludes halogenated alkanes) is 4. The summed E-state index contributed by atoms with van der Waals surface area (Å²) in [6.45, 7) is 0.216. The van der Waals surface area contributed by atoms with Crippen LogP contribution in [0.15, 0.2) is 36.5 Å². The maximum Gasteiger partial charge on any atom is 0.303 e. The first kappa shape index (κ1) is 24.5. The van der Waals surface area contributed by atoms with Crippen molar-refractivity contribution in [3.63, 3.8) is 0 Å². The minimum absolute atomic E-state index is 0.133. The Morgan fingerprint density at radius 3 is 2.12 bits per heavy atom. The van der Waals surface area contributed by atoms with Gasteiger partial charge in [0.2, 0.25) is 0 Å². The van der Waals surface area contributed by atoms with Crippen molar-refractivity contribution in [3.05, 3.63) is 36.5 Å². The van der Waals surface area contributed by atoms with E-state index in [1.165, 1.54) is 12.2 Å². The second-order valence-electron chi connectivity index (χ2n) is 6.28. The highest BCUT2D eigenvalue weighted by atomic mass is 16.4. The molecule has 6 heteroatoms. The number of aliphatic hydroxyl groups excluding tert-OH is 4. The Morgan fingerprint density at radius 2 is 1.46 bits per heavy atom. The third-order valence-electron chi connectivity index (χ3n) is 3.80. The molecule has 0 aliphatic carbocycles. The van der Waals surface area contributed by atoms with E-state index in [1.807, 2.05) is 18.2 Å². The summed E-state index contributed by atoms with van der Waals surface area (Å²) in [7, 11) is 0. The Labute approximate surface area is 156 Å². The Bertz CT molecular complexity index is 430. The predicted molar refractivity (Wildman–Crippen MR) is 102 cm³/mol. The second kappa shape index (κ2) is 17.0. The van der Waals surface area contributed by atoms with E-state index < -0.39 is 24.3 Å². The number of aliphatic carboxylic acids is 1. The van der Waals surface area contributed by atoms with E-state index in [0.717, 1.165) is 25.7 Å². The zero-order valence-corrected chi connectivity index (χ0v) is 15.4. The standard InChI is InChI=1S/C20H34O6/c21-16-10-6-2-1-3-8-12-18(23)19(24)15-14-17(22)11-7-4-5-9-13-20(25)26/h3-4,7-8,14-15,17-19,21-24H,1-2,5-6,9-13,16H2,(H,25,26)/b7-4-,8-3-,15-14+/t17?,18-,19?/m1/s1. The van der Waals surface area contributed by atoms with Crippen molar-refractivity contribution in [3.8, 4) is 0 Å². The van der Waals surface area contributed by atoms with E-state index in [1.54, 1.807) is 6.08 Å². The van der Waals surface area contributed by atoms with Gasteiger partial charge in [0.05, 0.1) is 18.3 Å². The molecular formula is C20H34O6. The van der Waals surface area contributed by atoms with E-state index in [9.17, 15) is 20.1 Å². The highest BCUT2D eigenvalue weighted by Crippen LogP contribution is 2.06. The average molecular weight is 370 g/mol. The number of carboxylic acid groups (broad SMARTS) is 1. The monoisotopic (exact) mass is 370 g/mol. The van der Waals surface area contributed by atoms with Crippen LogP contribution in [0.1, 0.15) is 57.8 Å². The Hall–Kier alpha value is -1.47. The van der Waals surface area contributed by atoms with Crippen molar-refractivity contribution >= 4 is 5.97 Å². The van der Waals surface area contributed by atoms with E-state index in [4.69, 9.17) is 10.2 Å². The summed E-state index contributed by atoms with van der Waals surface area (Å²) < 4.78 is 0. The lowest BCUT2D eigenvalue weighted by atomic mass is 10.1. The summed E-state index contributed by atoms with van der Waals surface area (Å²) in [6.07, 6.45) is 13.2. The van der Waals surface area contributed by atoms with Crippen molar-refractivity contribution in [1.29, 1.82) is 0 Å². The first-order valence-corrected chi connectivity index (χ1v) is 9.32. The van der Waals surface area contributed by atoms with Gasteiger partial charge >= 0.3 is 5.97 Å². The van der Waals surface area contributed by atoms with Crippen molar-refractivity contribution in [2.24, 2.45) is 0 Å². The van der Waals surface area contributed by atoms with Gasteiger partial charge in [-0.15, -0.1) is 0 Å². The Morgan fingerprint density at radius 1 is 0.808 bits per heavy atom. The molecule has 0 bridgehead atoms. The third kappa shape index (κ3) is 16.0. The topological polar surface area (TPSA) is 118 Å². The van der Waals surface area contributed by atoms with E-state index >= 15 is 0 Å². The van der Waals surface area contributed by atoms with E-state index in [0.29, 0.717) is 25.7 Å². The highest BCUT2D eigenvalue weighted by molar-refractivity contribution is 5.66. The van der Waals surface area contributed by atoms with Crippen LogP contribution in [-0.4, -0.2) is 56.4 Å². The Kier molecular flexibility index (Phi) is 16.0. The van der Waals surface area contributed by atoms with E-state index in [2.05, 4.69) is 0 Å². The maximum absolute atomic E-state index is 10.4. The molecule has 0 aromatic carbocycles. The van der Waals surface area contributed by atoms with Crippen molar-refractivity contribution in [2.45, 2.75) is 76.1 Å². The van der Waals surface area contributed by atoms with Crippen molar-refractivity contribution in [1.82, 2.24) is 0 Å². The zero-order valence-electron chi connectivity index (χ0n) is 15.4. The molecule has 0 aliphatic heterocycles. The van der Waals surface area contributed by atoms with Gasteiger partial charge < -0.3 is 25.5 Å². The molecule has 150 valence electrons. The summed E-state index contributed by atoms with van der Waals surface area (Å²) in [4.78, 5) is 10.4. The summed E-state index contributed by atoms with van der Waals surface area (Å²) >= 11 is 0. The first-order chi connectivity index (χ1) is 12.5. The number of hydrogen-bond acceptors (Lipinski definition) is 5. The molecule has 5 N–H and O–H groups in total. The normalized spacial score (nSPS) is 15.8. The quantitative estimate of drug-likeness (QED) is 0.210. The van der Waals surface area contributed by atoms with Gasteiger partial charge in [0, 0.05) is 13.0 Å². The van der Waals surface area contributed by atoms with Gasteiger partial charge in [0.1, 0.15) is 0 Å². The van der Waals surface area contributed by atoms with Crippen molar-refractivity contribution in [2.75, 3.05) is 6.61 Å². The molecule has 0 radical (unpaired) electrons. The molecular weight excluding hydrogens is 336 g/mol. The maximum atomic E-state index is 10.4. The molecule has 0 amide bonds. The molecule has 2 unspecified atom stereocenters. The van der Waals surface area contributed by atoms with Gasteiger partial charge in [-0.1, -0.05) is 42.9 Å². The van der Waals surface area contributed by atoms with Gasteiger partial charge in [0.25, 0.3) is 0 Å². The predicted octanol–water partition coefficient (Wildman–Crippen LogP) is 2.33.